The van der Waals surface area contributed by atoms with E-state index in [4.69, 9.17) is 0 Å². The van der Waals surface area contributed by atoms with E-state index in [-0.39, 0.29) is 5.56 Å². The Morgan fingerprint density at radius 2 is 0.973 bits per heavy atom. The summed E-state index contributed by atoms with van der Waals surface area (Å²) in [6.07, 6.45) is 5.32. The molecule has 37 heavy (non-hydrogen) atoms. The van der Waals surface area contributed by atoms with Crippen LogP contribution in [0.5, 0.6) is 0 Å². The van der Waals surface area contributed by atoms with Gasteiger partial charge in [0.25, 0.3) is 5.56 Å². The van der Waals surface area contributed by atoms with Crippen molar-refractivity contribution in [3.63, 3.8) is 0 Å². The summed E-state index contributed by atoms with van der Waals surface area (Å²) in [5, 5.41) is 0. The van der Waals surface area contributed by atoms with E-state index in [1.165, 1.54) is 24.1 Å². The zero-order chi connectivity index (χ0) is 30.8. The fraction of sp³-hybridized carbons (Fsp3) is 0.618. The maximum atomic E-state index is 10.8. The average molecular weight is 521 g/mol. The molecule has 220 valence electrons. The molecule has 0 spiro atoms. The molecule has 0 fully saturated rings. The molecule has 0 saturated heterocycles. The lowest BCUT2D eigenvalue weighted by molar-refractivity contribution is 0.359. The number of pyridine rings is 1. The molecule has 0 aliphatic carbocycles. The van der Waals surface area contributed by atoms with Gasteiger partial charge < -0.3 is 9.47 Å². The molecular formula is C34H68N2O. The number of benzene rings is 1. The third-order valence-electron chi connectivity index (χ3n) is 4.12. The van der Waals surface area contributed by atoms with Gasteiger partial charge in [0.05, 0.1) is 0 Å². The SMILES string of the molecule is CC.CC.CC.CC.CC.CC.CC1=CCN(C)CC1.Cc1ccc(C)cc1.Cc1ccn(C)c(=O)c1. The van der Waals surface area contributed by atoms with Crippen LogP contribution in [0.15, 0.2) is 59.0 Å². The van der Waals surface area contributed by atoms with Gasteiger partial charge in [0.15, 0.2) is 0 Å². The Kier molecular flexibility index (Phi) is 53.2. The second kappa shape index (κ2) is 41.0. The molecule has 0 saturated carbocycles. The van der Waals surface area contributed by atoms with Gasteiger partial charge in [-0.15, -0.1) is 0 Å². The number of nitrogens with zero attached hydrogens (tertiary/aromatic N) is 2. The molecule has 3 heteroatoms. The highest BCUT2D eigenvalue weighted by molar-refractivity contribution is 5.19. The first-order valence-corrected chi connectivity index (χ1v) is 14.8. The molecule has 0 radical (unpaired) electrons. The Morgan fingerprint density at radius 3 is 1.22 bits per heavy atom. The Labute approximate surface area is 235 Å². The first-order valence-electron chi connectivity index (χ1n) is 14.8. The minimum Gasteiger partial charge on any atom is -0.319 e. The number of aryl methyl sites for hydroxylation is 4. The van der Waals surface area contributed by atoms with Crippen LogP contribution in [0.4, 0.5) is 0 Å². The summed E-state index contributed by atoms with van der Waals surface area (Å²) in [5.41, 5.74) is 5.27. The van der Waals surface area contributed by atoms with E-state index in [1.807, 2.05) is 96.1 Å². The van der Waals surface area contributed by atoms with Crippen LogP contribution in [0, 0.1) is 20.8 Å². The molecule has 0 atom stereocenters. The molecule has 0 bridgehead atoms. The predicted octanol–water partition coefficient (Wildman–Crippen LogP) is 10.4. The molecule has 1 aliphatic rings. The Bertz CT molecular complexity index is 707. The number of likely N-dealkylation sites (N-methyl/N-ethyl adjacent to an activating group) is 1. The molecular weight excluding hydrogens is 452 g/mol. The predicted molar refractivity (Wildman–Crippen MR) is 176 cm³/mol. The normalized spacial score (nSPS) is 10.3. The monoisotopic (exact) mass is 521 g/mol. The lowest BCUT2D eigenvalue weighted by atomic mass is 10.1. The number of hydrogen-bond donors (Lipinski definition) is 0. The van der Waals surface area contributed by atoms with E-state index < -0.39 is 0 Å². The van der Waals surface area contributed by atoms with E-state index in [9.17, 15) is 4.79 Å². The van der Waals surface area contributed by atoms with E-state index >= 15 is 0 Å². The van der Waals surface area contributed by atoms with Gasteiger partial charge in [0.2, 0.25) is 0 Å². The van der Waals surface area contributed by atoms with Crippen molar-refractivity contribution < 1.29 is 0 Å². The minimum atomic E-state index is 0.0509. The lowest BCUT2D eigenvalue weighted by Crippen LogP contribution is -2.23. The fourth-order valence-corrected chi connectivity index (χ4v) is 2.16. The minimum absolute atomic E-state index is 0.0509. The van der Waals surface area contributed by atoms with Crippen LogP contribution in [-0.2, 0) is 7.05 Å². The van der Waals surface area contributed by atoms with Crippen molar-refractivity contribution in [3.8, 4) is 0 Å². The highest BCUT2D eigenvalue weighted by Gasteiger charge is 2.01. The summed E-state index contributed by atoms with van der Waals surface area (Å²) in [4.78, 5) is 13.1. The van der Waals surface area contributed by atoms with Crippen LogP contribution in [0.1, 0.15) is 113 Å². The zero-order valence-electron chi connectivity index (χ0n) is 28.5. The highest BCUT2D eigenvalue weighted by atomic mass is 16.1. The van der Waals surface area contributed by atoms with Crippen molar-refractivity contribution in [2.24, 2.45) is 7.05 Å². The molecule has 0 unspecified atom stereocenters. The van der Waals surface area contributed by atoms with Crippen LogP contribution in [0.3, 0.4) is 0 Å². The standard InChI is InChI=1S/C8H10.C7H9NO.C7H13N.6C2H6/c1-7-3-5-8(2)6-4-7;1-6-3-4-8(2)7(9)5-6;1-7-3-5-8(2)6-4-7;6*1-2/h3-6H,1-2H3;3-5H,1-2H3;3H,4-6H2,1-2H3;6*1-2H3. The maximum Gasteiger partial charge on any atom is 0.250 e. The first kappa shape index (κ1) is 48.0. The molecule has 0 amide bonds. The van der Waals surface area contributed by atoms with Gasteiger partial charge in [-0.2, -0.15) is 0 Å². The summed E-state index contributed by atoms with van der Waals surface area (Å²) in [5.74, 6) is 0. The third-order valence-corrected chi connectivity index (χ3v) is 4.12. The molecule has 1 aromatic carbocycles. The van der Waals surface area contributed by atoms with Crippen molar-refractivity contribution in [1.82, 2.24) is 9.47 Å². The van der Waals surface area contributed by atoms with Gasteiger partial charge in [0, 0.05) is 32.4 Å². The van der Waals surface area contributed by atoms with Gasteiger partial charge in [-0.25, -0.2) is 0 Å². The average Bonchev–Trinajstić information content (AvgIpc) is 2.97. The highest BCUT2D eigenvalue weighted by Crippen LogP contribution is 2.06. The zero-order valence-corrected chi connectivity index (χ0v) is 28.5. The first-order chi connectivity index (χ1) is 17.8. The van der Waals surface area contributed by atoms with Gasteiger partial charge >= 0.3 is 0 Å². The Balaban J connectivity index is -0.0000000810. The molecule has 2 aromatic rings. The van der Waals surface area contributed by atoms with Crippen molar-refractivity contribution in [1.29, 1.82) is 0 Å². The summed E-state index contributed by atoms with van der Waals surface area (Å²) >= 11 is 0. The Hall–Kier alpha value is -2.13. The van der Waals surface area contributed by atoms with Gasteiger partial charge in [-0.1, -0.05) is 130 Å². The molecule has 0 N–H and O–H groups in total. The number of rotatable bonds is 0. The number of aromatic nitrogens is 1. The van der Waals surface area contributed by atoms with Crippen LogP contribution in [-0.4, -0.2) is 29.6 Å². The van der Waals surface area contributed by atoms with E-state index in [2.05, 4.69) is 63.1 Å². The van der Waals surface area contributed by atoms with Crippen molar-refractivity contribution in [2.45, 2.75) is 117 Å². The molecule has 3 nitrogen and oxygen atoms in total. The third kappa shape index (κ3) is 36.1. The lowest BCUT2D eigenvalue weighted by Gasteiger charge is -2.19. The Morgan fingerprint density at radius 1 is 0.595 bits per heavy atom. The van der Waals surface area contributed by atoms with Crippen LogP contribution in [0.25, 0.3) is 0 Å². The smallest absolute Gasteiger partial charge is 0.250 e. The van der Waals surface area contributed by atoms with E-state index in [0.29, 0.717) is 0 Å². The van der Waals surface area contributed by atoms with Crippen LogP contribution >= 0.6 is 0 Å². The van der Waals surface area contributed by atoms with Crippen molar-refractivity contribution in [2.75, 3.05) is 20.1 Å². The summed E-state index contributed by atoms with van der Waals surface area (Å²) in [6.45, 7) is 34.7. The van der Waals surface area contributed by atoms with E-state index in [1.54, 1.807) is 29.5 Å². The van der Waals surface area contributed by atoms with Crippen molar-refractivity contribution in [3.05, 3.63) is 81.3 Å². The molecule has 2 heterocycles. The van der Waals surface area contributed by atoms with Gasteiger partial charge in [-0.05, 0) is 52.8 Å². The topological polar surface area (TPSA) is 25.2 Å². The largest absolute Gasteiger partial charge is 0.319 e. The van der Waals surface area contributed by atoms with Gasteiger partial charge in [-0.3, -0.25) is 4.79 Å². The maximum absolute atomic E-state index is 10.8. The van der Waals surface area contributed by atoms with Crippen LogP contribution in [0.2, 0.25) is 0 Å². The summed E-state index contributed by atoms with van der Waals surface area (Å²) < 4.78 is 1.55. The summed E-state index contributed by atoms with van der Waals surface area (Å²) in [7, 11) is 3.89. The fourth-order valence-electron chi connectivity index (χ4n) is 2.16. The number of hydrogen-bond acceptors (Lipinski definition) is 2. The van der Waals surface area contributed by atoms with Crippen LogP contribution < -0.4 is 5.56 Å². The second-order valence-corrected chi connectivity index (χ2v) is 6.87. The molecule has 1 aromatic heterocycles. The van der Waals surface area contributed by atoms with Crippen molar-refractivity contribution >= 4 is 0 Å². The summed E-state index contributed by atoms with van der Waals surface area (Å²) in [6, 6.07) is 12.0. The quantitative estimate of drug-likeness (QED) is 0.323. The second-order valence-electron chi connectivity index (χ2n) is 6.87. The molecule has 3 rings (SSSR count). The van der Waals surface area contributed by atoms with E-state index in [0.717, 1.165) is 12.1 Å². The van der Waals surface area contributed by atoms with Gasteiger partial charge in [0.1, 0.15) is 0 Å². The molecule has 1 aliphatic heterocycles.